The van der Waals surface area contributed by atoms with Gasteiger partial charge in [0.1, 0.15) is 0 Å². The largest absolute Gasteiger partial charge is 0.339 e. The average Bonchev–Trinajstić information content (AvgIpc) is 2.79. The molecule has 1 saturated heterocycles. The number of hydrogen-bond acceptors (Lipinski definition) is 3. The Bertz CT molecular complexity index is 759. The normalized spacial score (nSPS) is 14.4. The molecule has 0 bridgehead atoms. The summed E-state index contributed by atoms with van der Waals surface area (Å²) in [5, 5.41) is 5.77. The van der Waals surface area contributed by atoms with Crippen molar-refractivity contribution in [1.82, 2.24) is 20.5 Å². The second-order valence-corrected chi connectivity index (χ2v) is 7.56. The van der Waals surface area contributed by atoms with Gasteiger partial charge in [-0.25, -0.2) is 4.79 Å². The lowest BCUT2D eigenvalue weighted by Crippen LogP contribution is -2.38. The van der Waals surface area contributed by atoms with E-state index in [1.165, 1.54) is 0 Å². The van der Waals surface area contributed by atoms with E-state index in [2.05, 4.69) is 15.6 Å². The summed E-state index contributed by atoms with van der Waals surface area (Å²) in [5.74, 6) is 0.821. The minimum absolute atomic E-state index is 0.130. The van der Waals surface area contributed by atoms with Crippen molar-refractivity contribution in [1.29, 1.82) is 0 Å². The number of unbranched alkanes of at least 4 members (excludes halogenated alkanes) is 1. The fourth-order valence-electron chi connectivity index (χ4n) is 3.69. The van der Waals surface area contributed by atoms with Crippen molar-refractivity contribution < 1.29 is 9.59 Å². The van der Waals surface area contributed by atoms with Crippen LogP contribution in [0.2, 0.25) is 0 Å². The van der Waals surface area contributed by atoms with Crippen LogP contribution in [-0.4, -0.2) is 41.5 Å². The van der Waals surface area contributed by atoms with Gasteiger partial charge in [0.25, 0.3) is 5.91 Å². The lowest BCUT2D eigenvalue weighted by Gasteiger charge is -2.32. The molecule has 0 radical (unpaired) electrons. The van der Waals surface area contributed by atoms with Gasteiger partial charge in [-0.3, -0.25) is 9.78 Å². The maximum atomic E-state index is 12.5. The molecule has 1 aromatic carbocycles. The number of carbonyl (C=O) groups excluding carboxylic acids is 2. The molecule has 0 spiro atoms. The quantitative estimate of drug-likeness (QED) is 0.672. The molecule has 154 valence electrons. The molecule has 0 unspecified atom stereocenters. The SMILES string of the molecule is O=C(NCCCCC1CCN(C(=O)c2ccccc2)CC1)NCc1ccncc1. The Balaban J connectivity index is 1.24. The van der Waals surface area contributed by atoms with Gasteiger partial charge in [0, 0.05) is 44.1 Å². The molecular weight excluding hydrogens is 364 g/mol. The second-order valence-electron chi connectivity index (χ2n) is 7.56. The third kappa shape index (κ3) is 6.89. The lowest BCUT2D eigenvalue weighted by molar-refractivity contribution is 0.0686. The fraction of sp³-hybridized carbons (Fsp3) is 0.435. The molecule has 2 heterocycles. The first-order chi connectivity index (χ1) is 14.2. The van der Waals surface area contributed by atoms with Gasteiger partial charge in [-0.2, -0.15) is 0 Å². The van der Waals surface area contributed by atoms with Gasteiger partial charge < -0.3 is 15.5 Å². The lowest BCUT2D eigenvalue weighted by atomic mass is 9.91. The number of pyridine rings is 1. The van der Waals surface area contributed by atoms with Crippen LogP contribution in [0.15, 0.2) is 54.9 Å². The zero-order valence-corrected chi connectivity index (χ0v) is 16.8. The van der Waals surface area contributed by atoms with E-state index in [4.69, 9.17) is 0 Å². The summed E-state index contributed by atoms with van der Waals surface area (Å²) in [6.45, 7) is 2.88. The summed E-state index contributed by atoms with van der Waals surface area (Å²) < 4.78 is 0. The number of likely N-dealkylation sites (tertiary alicyclic amines) is 1. The van der Waals surface area contributed by atoms with Crippen molar-refractivity contribution >= 4 is 11.9 Å². The Labute approximate surface area is 172 Å². The molecule has 2 aromatic rings. The first-order valence-corrected chi connectivity index (χ1v) is 10.5. The van der Waals surface area contributed by atoms with Gasteiger partial charge in [-0.1, -0.05) is 31.0 Å². The first-order valence-electron chi connectivity index (χ1n) is 10.5. The highest BCUT2D eigenvalue weighted by molar-refractivity contribution is 5.94. The van der Waals surface area contributed by atoms with Gasteiger partial charge in [0.2, 0.25) is 0 Å². The molecule has 1 aliphatic rings. The molecule has 1 fully saturated rings. The highest BCUT2D eigenvalue weighted by Gasteiger charge is 2.23. The summed E-state index contributed by atoms with van der Waals surface area (Å²) in [7, 11) is 0. The number of hydrogen-bond donors (Lipinski definition) is 2. The van der Waals surface area contributed by atoms with E-state index in [0.29, 0.717) is 19.0 Å². The third-order valence-electron chi connectivity index (χ3n) is 5.45. The maximum absolute atomic E-state index is 12.5. The van der Waals surface area contributed by atoms with Crippen LogP contribution in [0.3, 0.4) is 0 Å². The molecule has 1 aliphatic heterocycles. The summed E-state index contributed by atoms with van der Waals surface area (Å²) >= 11 is 0. The topological polar surface area (TPSA) is 74.3 Å². The number of urea groups is 1. The predicted octanol–water partition coefficient (Wildman–Crippen LogP) is 3.60. The monoisotopic (exact) mass is 394 g/mol. The highest BCUT2D eigenvalue weighted by Crippen LogP contribution is 2.23. The number of aromatic nitrogens is 1. The van der Waals surface area contributed by atoms with Gasteiger partial charge in [-0.05, 0) is 55.0 Å². The Morgan fingerprint density at radius 1 is 0.966 bits per heavy atom. The molecular formula is C23H30N4O2. The molecule has 0 saturated carbocycles. The van der Waals surface area contributed by atoms with Crippen LogP contribution in [0.25, 0.3) is 0 Å². The number of rotatable bonds is 8. The van der Waals surface area contributed by atoms with Crippen molar-refractivity contribution in [3.63, 3.8) is 0 Å². The van der Waals surface area contributed by atoms with Gasteiger partial charge in [0.15, 0.2) is 0 Å². The number of benzene rings is 1. The van der Waals surface area contributed by atoms with Crippen molar-refractivity contribution in [2.75, 3.05) is 19.6 Å². The van der Waals surface area contributed by atoms with Gasteiger partial charge in [0.05, 0.1) is 0 Å². The molecule has 3 rings (SSSR count). The van der Waals surface area contributed by atoms with Crippen LogP contribution < -0.4 is 10.6 Å². The molecule has 1 aromatic heterocycles. The predicted molar refractivity (Wildman–Crippen MR) is 113 cm³/mol. The fourth-order valence-corrected chi connectivity index (χ4v) is 3.69. The minimum Gasteiger partial charge on any atom is -0.339 e. The van der Waals surface area contributed by atoms with Crippen LogP contribution in [0.5, 0.6) is 0 Å². The summed E-state index contributed by atoms with van der Waals surface area (Å²) in [6, 6.07) is 13.2. The van der Waals surface area contributed by atoms with Gasteiger partial charge in [-0.15, -0.1) is 0 Å². The standard InChI is InChI=1S/C23H30N4O2/c28-22(21-7-2-1-3-8-21)27-16-11-19(12-17-27)6-4-5-13-25-23(29)26-18-20-9-14-24-15-10-20/h1-3,7-10,14-15,19H,4-6,11-13,16-18H2,(H2,25,26,29). The summed E-state index contributed by atoms with van der Waals surface area (Å²) in [4.78, 5) is 30.2. The van der Waals surface area contributed by atoms with E-state index in [0.717, 1.165) is 56.3 Å². The molecule has 6 heteroatoms. The van der Waals surface area contributed by atoms with E-state index < -0.39 is 0 Å². The number of piperidine rings is 1. The molecule has 3 amide bonds. The van der Waals surface area contributed by atoms with Crippen LogP contribution in [0.4, 0.5) is 4.79 Å². The van der Waals surface area contributed by atoms with E-state index >= 15 is 0 Å². The van der Waals surface area contributed by atoms with E-state index in [1.807, 2.05) is 47.4 Å². The third-order valence-corrected chi connectivity index (χ3v) is 5.45. The zero-order valence-electron chi connectivity index (χ0n) is 16.8. The molecule has 29 heavy (non-hydrogen) atoms. The van der Waals surface area contributed by atoms with Crippen molar-refractivity contribution in [3.8, 4) is 0 Å². The molecule has 2 N–H and O–H groups in total. The van der Waals surface area contributed by atoms with Crippen LogP contribution >= 0.6 is 0 Å². The Kier molecular flexibility index (Phi) is 8.04. The number of carbonyl (C=O) groups is 2. The molecule has 0 atom stereocenters. The molecule has 6 nitrogen and oxygen atoms in total. The Morgan fingerprint density at radius 2 is 1.69 bits per heavy atom. The smallest absolute Gasteiger partial charge is 0.315 e. The Morgan fingerprint density at radius 3 is 2.41 bits per heavy atom. The van der Waals surface area contributed by atoms with Crippen LogP contribution in [0.1, 0.15) is 48.0 Å². The van der Waals surface area contributed by atoms with Gasteiger partial charge >= 0.3 is 6.03 Å². The molecule has 0 aliphatic carbocycles. The second kappa shape index (κ2) is 11.2. The van der Waals surface area contributed by atoms with Crippen LogP contribution in [0, 0.1) is 5.92 Å². The van der Waals surface area contributed by atoms with Crippen molar-refractivity contribution in [2.24, 2.45) is 5.92 Å². The number of nitrogens with zero attached hydrogens (tertiary/aromatic N) is 2. The van der Waals surface area contributed by atoms with E-state index in [1.54, 1.807) is 12.4 Å². The summed E-state index contributed by atoms with van der Waals surface area (Å²) in [5.41, 5.74) is 1.81. The maximum Gasteiger partial charge on any atom is 0.315 e. The van der Waals surface area contributed by atoms with Crippen molar-refractivity contribution in [2.45, 2.75) is 38.6 Å². The zero-order chi connectivity index (χ0) is 20.3. The Hall–Kier alpha value is -2.89. The number of nitrogens with one attached hydrogen (secondary N) is 2. The van der Waals surface area contributed by atoms with E-state index in [9.17, 15) is 9.59 Å². The van der Waals surface area contributed by atoms with Crippen LogP contribution in [-0.2, 0) is 6.54 Å². The number of amides is 3. The van der Waals surface area contributed by atoms with E-state index in [-0.39, 0.29) is 11.9 Å². The first kappa shape index (κ1) is 20.8. The highest BCUT2D eigenvalue weighted by atomic mass is 16.2. The average molecular weight is 395 g/mol. The minimum atomic E-state index is -0.130. The van der Waals surface area contributed by atoms with Crippen molar-refractivity contribution in [3.05, 3.63) is 66.0 Å². The summed E-state index contributed by atoms with van der Waals surface area (Å²) in [6.07, 6.45) is 8.81.